The molecule has 1 aliphatic rings. The molecule has 5 heteroatoms. The minimum absolute atomic E-state index is 0.00208. The summed E-state index contributed by atoms with van der Waals surface area (Å²) in [5.41, 5.74) is 0.607. The number of rotatable bonds is 5. The molecule has 4 atom stereocenters. The summed E-state index contributed by atoms with van der Waals surface area (Å²) in [6.07, 6.45) is -0.102. The smallest absolute Gasteiger partial charge is 0.163 e. The Kier molecular flexibility index (Phi) is 5.07. The van der Waals surface area contributed by atoms with Crippen molar-refractivity contribution in [3.63, 3.8) is 0 Å². The lowest BCUT2D eigenvalue weighted by molar-refractivity contribution is -0.201. The molecule has 1 fully saturated rings. The van der Waals surface area contributed by atoms with Crippen molar-refractivity contribution in [1.29, 1.82) is 0 Å². The van der Waals surface area contributed by atoms with Crippen molar-refractivity contribution in [3.05, 3.63) is 35.4 Å². The molecule has 0 aromatic heterocycles. The molecule has 1 aromatic rings. The number of ether oxygens (including phenoxy) is 3. The zero-order valence-electron chi connectivity index (χ0n) is 11.9. The fourth-order valence-corrected chi connectivity index (χ4v) is 2.69. The highest BCUT2D eigenvalue weighted by Gasteiger charge is 2.39. The van der Waals surface area contributed by atoms with E-state index in [0.29, 0.717) is 18.6 Å². The Balaban J connectivity index is 2.16. The van der Waals surface area contributed by atoms with Crippen LogP contribution in [0, 0.1) is 17.6 Å². The van der Waals surface area contributed by atoms with Gasteiger partial charge in [0.2, 0.25) is 0 Å². The molecule has 0 bridgehead atoms. The van der Waals surface area contributed by atoms with E-state index in [1.165, 1.54) is 12.1 Å². The standard InChI is InChI=1S/C15H20F2O3/c1-4-19-14-8-13(15(18-3)20-14)9(2)10-5-11(16)7-12(17)6-10/h5-7,9,13-15H,4,8H2,1-3H3. The lowest BCUT2D eigenvalue weighted by Gasteiger charge is -2.23. The summed E-state index contributed by atoms with van der Waals surface area (Å²) < 4.78 is 43.0. The van der Waals surface area contributed by atoms with Crippen molar-refractivity contribution in [2.45, 2.75) is 38.8 Å². The zero-order valence-corrected chi connectivity index (χ0v) is 11.9. The van der Waals surface area contributed by atoms with Crippen LogP contribution in [0.4, 0.5) is 8.78 Å². The summed E-state index contributed by atoms with van der Waals surface area (Å²) in [7, 11) is 1.56. The second kappa shape index (κ2) is 6.61. The molecule has 0 amide bonds. The minimum Gasteiger partial charge on any atom is -0.355 e. The first-order valence-corrected chi connectivity index (χ1v) is 6.81. The molecular weight excluding hydrogens is 266 g/mol. The first-order chi connectivity index (χ1) is 9.55. The van der Waals surface area contributed by atoms with Gasteiger partial charge in [0.25, 0.3) is 0 Å². The van der Waals surface area contributed by atoms with Crippen LogP contribution in [-0.2, 0) is 14.2 Å². The summed E-state index contributed by atoms with van der Waals surface area (Å²) in [6.45, 7) is 4.36. The van der Waals surface area contributed by atoms with Gasteiger partial charge in [0.05, 0.1) is 0 Å². The van der Waals surface area contributed by atoms with Crippen molar-refractivity contribution < 1.29 is 23.0 Å². The maximum atomic E-state index is 13.3. The molecule has 0 spiro atoms. The fourth-order valence-electron chi connectivity index (χ4n) is 2.69. The van der Waals surface area contributed by atoms with Crippen molar-refractivity contribution in [2.75, 3.05) is 13.7 Å². The molecule has 1 aliphatic heterocycles. The Hall–Kier alpha value is -1.04. The third kappa shape index (κ3) is 3.34. The van der Waals surface area contributed by atoms with E-state index in [1.807, 2.05) is 13.8 Å². The summed E-state index contributed by atoms with van der Waals surface area (Å²) in [5, 5.41) is 0. The van der Waals surface area contributed by atoms with Crippen LogP contribution < -0.4 is 0 Å². The second-order valence-electron chi connectivity index (χ2n) is 5.02. The Morgan fingerprint density at radius 2 is 1.95 bits per heavy atom. The molecule has 20 heavy (non-hydrogen) atoms. The summed E-state index contributed by atoms with van der Waals surface area (Å²) in [6, 6.07) is 3.58. The first-order valence-electron chi connectivity index (χ1n) is 6.81. The van der Waals surface area contributed by atoms with Crippen LogP contribution >= 0.6 is 0 Å². The molecule has 2 rings (SSSR count). The van der Waals surface area contributed by atoms with E-state index in [2.05, 4.69) is 0 Å². The molecule has 3 nitrogen and oxygen atoms in total. The van der Waals surface area contributed by atoms with Gasteiger partial charge in [-0.3, -0.25) is 0 Å². The monoisotopic (exact) mass is 286 g/mol. The van der Waals surface area contributed by atoms with Gasteiger partial charge in [0.1, 0.15) is 11.6 Å². The molecule has 0 saturated carbocycles. The van der Waals surface area contributed by atoms with Crippen molar-refractivity contribution in [1.82, 2.24) is 0 Å². The van der Waals surface area contributed by atoms with E-state index in [-0.39, 0.29) is 18.1 Å². The highest BCUT2D eigenvalue weighted by molar-refractivity contribution is 5.22. The topological polar surface area (TPSA) is 27.7 Å². The molecular formula is C15H20F2O3. The molecule has 4 unspecified atom stereocenters. The number of benzene rings is 1. The van der Waals surface area contributed by atoms with E-state index in [0.717, 1.165) is 6.07 Å². The van der Waals surface area contributed by atoms with Gasteiger partial charge in [0.15, 0.2) is 12.6 Å². The Morgan fingerprint density at radius 1 is 1.30 bits per heavy atom. The Morgan fingerprint density at radius 3 is 2.50 bits per heavy atom. The number of hydrogen-bond acceptors (Lipinski definition) is 3. The summed E-state index contributed by atoms with van der Waals surface area (Å²) in [5.74, 6) is -1.23. The average Bonchev–Trinajstić information content (AvgIpc) is 2.80. The molecule has 1 saturated heterocycles. The Bertz CT molecular complexity index is 432. The van der Waals surface area contributed by atoms with Crippen LogP contribution in [0.15, 0.2) is 18.2 Å². The first kappa shape index (κ1) is 15.4. The van der Waals surface area contributed by atoms with E-state index in [4.69, 9.17) is 14.2 Å². The molecule has 0 N–H and O–H groups in total. The predicted octanol–water partition coefficient (Wildman–Crippen LogP) is 3.44. The third-order valence-electron chi connectivity index (χ3n) is 3.74. The normalized spacial score (nSPS) is 27.8. The third-order valence-corrected chi connectivity index (χ3v) is 3.74. The van der Waals surface area contributed by atoms with Gasteiger partial charge in [-0.15, -0.1) is 0 Å². The molecule has 1 heterocycles. The largest absolute Gasteiger partial charge is 0.355 e. The molecule has 112 valence electrons. The quantitative estimate of drug-likeness (QED) is 0.830. The zero-order chi connectivity index (χ0) is 14.7. The number of methoxy groups -OCH3 is 1. The average molecular weight is 286 g/mol. The SMILES string of the molecule is CCOC1CC(C(C)c2cc(F)cc(F)c2)C(OC)O1. The number of halogens is 2. The van der Waals surface area contributed by atoms with Gasteiger partial charge in [-0.05, 0) is 30.5 Å². The Labute approximate surface area is 117 Å². The van der Waals surface area contributed by atoms with E-state index in [9.17, 15) is 8.78 Å². The van der Waals surface area contributed by atoms with Crippen LogP contribution in [-0.4, -0.2) is 26.3 Å². The summed E-state index contributed by atoms with van der Waals surface area (Å²) in [4.78, 5) is 0. The lowest BCUT2D eigenvalue weighted by Crippen LogP contribution is -2.23. The second-order valence-corrected chi connectivity index (χ2v) is 5.02. The van der Waals surface area contributed by atoms with Crippen LogP contribution in [0.3, 0.4) is 0 Å². The maximum absolute atomic E-state index is 13.3. The van der Waals surface area contributed by atoms with Crippen molar-refractivity contribution in [3.8, 4) is 0 Å². The van der Waals surface area contributed by atoms with Crippen molar-refractivity contribution >= 4 is 0 Å². The fraction of sp³-hybridized carbons (Fsp3) is 0.600. The van der Waals surface area contributed by atoms with Crippen LogP contribution in [0.1, 0.15) is 31.7 Å². The molecule has 0 aliphatic carbocycles. The van der Waals surface area contributed by atoms with Gasteiger partial charge >= 0.3 is 0 Å². The van der Waals surface area contributed by atoms with Gasteiger partial charge in [-0.2, -0.15) is 0 Å². The number of hydrogen-bond donors (Lipinski definition) is 0. The van der Waals surface area contributed by atoms with Crippen LogP contribution in [0.5, 0.6) is 0 Å². The highest BCUT2D eigenvalue weighted by atomic mass is 19.1. The van der Waals surface area contributed by atoms with Gasteiger partial charge in [-0.25, -0.2) is 8.78 Å². The molecule has 0 radical (unpaired) electrons. The van der Waals surface area contributed by atoms with E-state index >= 15 is 0 Å². The van der Waals surface area contributed by atoms with Crippen LogP contribution in [0.2, 0.25) is 0 Å². The van der Waals surface area contributed by atoms with E-state index < -0.39 is 17.9 Å². The molecule has 1 aromatic carbocycles. The summed E-state index contributed by atoms with van der Waals surface area (Å²) >= 11 is 0. The predicted molar refractivity (Wildman–Crippen MR) is 70.2 cm³/mol. The van der Waals surface area contributed by atoms with Crippen LogP contribution in [0.25, 0.3) is 0 Å². The van der Waals surface area contributed by atoms with Gasteiger partial charge < -0.3 is 14.2 Å². The maximum Gasteiger partial charge on any atom is 0.163 e. The minimum atomic E-state index is -0.568. The van der Waals surface area contributed by atoms with E-state index in [1.54, 1.807) is 7.11 Å². The van der Waals surface area contributed by atoms with Gasteiger partial charge in [-0.1, -0.05) is 6.92 Å². The highest BCUT2D eigenvalue weighted by Crippen LogP contribution is 2.38. The lowest BCUT2D eigenvalue weighted by atomic mass is 9.86. The van der Waals surface area contributed by atoms with Gasteiger partial charge in [0, 0.05) is 32.1 Å². The van der Waals surface area contributed by atoms with Crippen molar-refractivity contribution in [2.24, 2.45) is 5.92 Å².